The van der Waals surface area contributed by atoms with Gasteiger partial charge < -0.3 is 10.0 Å². The molecular formula is C16H23NO. The van der Waals surface area contributed by atoms with Crippen molar-refractivity contribution in [1.29, 1.82) is 0 Å². The van der Waals surface area contributed by atoms with Gasteiger partial charge in [-0.15, -0.1) is 0 Å². The Morgan fingerprint density at radius 2 is 1.83 bits per heavy atom. The molecule has 3 rings (SSSR count). The normalized spacial score (nSPS) is 29.1. The predicted molar refractivity (Wildman–Crippen MR) is 74.9 cm³/mol. The van der Waals surface area contributed by atoms with Crippen molar-refractivity contribution >= 4 is 5.69 Å². The number of hydrogen-bond donors (Lipinski definition) is 1. The Morgan fingerprint density at radius 1 is 1.11 bits per heavy atom. The standard InChI is InChI=1S/C16H23NO/c1-17-14-10-6-5-9-13(14)11-15(18)16(17)12-7-3-2-4-8-12/h5-6,9-10,12,15-16,18H,2-4,7-8,11H2,1H3. The summed E-state index contributed by atoms with van der Waals surface area (Å²) < 4.78 is 0. The van der Waals surface area contributed by atoms with E-state index in [1.165, 1.54) is 43.4 Å². The highest BCUT2D eigenvalue weighted by molar-refractivity contribution is 5.56. The van der Waals surface area contributed by atoms with Crippen LogP contribution in [0.2, 0.25) is 0 Å². The molecule has 2 atom stereocenters. The first-order valence-corrected chi connectivity index (χ1v) is 7.26. The number of likely N-dealkylation sites (N-methyl/N-ethyl adjacent to an activating group) is 1. The van der Waals surface area contributed by atoms with Gasteiger partial charge in [0.2, 0.25) is 0 Å². The van der Waals surface area contributed by atoms with Gasteiger partial charge in [-0.2, -0.15) is 0 Å². The lowest BCUT2D eigenvalue weighted by molar-refractivity contribution is 0.0956. The maximum Gasteiger partial charge on any atom is 0.0786 e. The largest absolute Gasteiger partial charge is 0.391 e. The molecule has 0 amide bonds. The van der Waals surface area contributed by atoms with Crippen LogP contribution in [0.5, 0.6) is 0 Å². The molecule has 98 valence electrons. The number of aliphatic hydroxyl groups is 1. The summed E-state index contributed by atoms with van der Waals surface area (Å²) in [5, 5.41) is 10.5. The summed E-state index contributed by atoms with van der Waals surface area (Å²) in [6.45, 7) is 0. The molecule has 0 spiro atoms. The topological polar surface area (TPSA) is 23.5 Å². The zero-order valence-corrected chi connectivity index (χ0v) is 11.2. The van der Waals surface area contributed by atoms with E-state index in [0.717, 1.165) is 6.42 Å². The van der Waals surface area contributed by atoms with Crippen LogP contribution in [0.25, 0.3) is 0 Å². The molecular weight excluding hydrogens is 222 g/mol. The molecule has 0 radical (unpaired) electrons. The Balaban J connectivity index is 1.87. The third kappa shape index (κ3) is 2.03. The van der Waals surface area contributed by atoms with Crippen LogP contribution in [0.4, 0.5) is 5.69 Å². The van der Waals surface area contributed by atoms with Gasteiger partial charge in [-0.1, -0.05) is 37.5 Å². The molecule has 0 bridgehead atoms. The van der Waals surface area contributed by atoms with Crippen LogP contribution < -0.4 is 4.90 Å². The average Bonchev–Trinajstić information content (AvgIpc) is 2.40. The summed E-state index contributed by atoms with van der Waals surface area (Å²) >= 11 is 0. The molecule has 0 aromatic heterocycles. The van der Waals surface area contributed by atoms with Crippen LogP contribution in [-0.2, 0) is 6.42 Å². The molecule has 1 N–H and O–H groups in total. The summed E-state index contributed by atoms with van der Waals surface area (Å²) in [7, 11) is 2.15. The lowest BCUT2D eigenvalue weighted by Crippen LogP contribution is -2.51. The molecule has 1 fully saturated rings. The minimum atomic E-state index is -0.201. The summed E-state index contributed by atoms with van der Waals surface area (Å²) in [5.41, 5.74) is 2.61. The fraction of sp³-hybridized carbons (Fsp3) is 0.625. The minimum Gasteiger partial charge on any atom is -0.391 e. The van der Waals surface area contributed by atoms with E-state index in [4.69, 9.17) is 0 Å². The molecule has 1 aliphatic carbocycles. The zero-order chi connectivity index (χ0) is 12.5. The van der Waals surface area contributed by atoms with E-state index in [1.54, 1.807) is 0 Å². The monoisotopic (exact) mass is 245 g/mol. The van der Waals surface area contributed by atoms with E-state index in [-0.39, 0.29) is 6.10 Å². The van der Waals surface area contributed by atoms with Gasteiger partial charge in [0.05, 0.1) is 12.1 Å². The fourth-order valence-electron chi connectivity index (χ4n) is 3.90. The second kappa shape index (κ2) is 4.93. The van der Waals surface area contributed by atoms with E-state index in [0.29, 0.717) is 12.0 Å². The molecule has 1 aromatic carbocycles. The Kier molecular flexibility index (Phi) is 3.29. The van der Waals surface area contributed by atoms with E-state index in [2.05, 4.69) is 36.2 Å². The van der Waals surface area contributed by atoms with Gasteiger partial charge in [-0.3, -0.25) is 0 Å². The van der Waals surface area contributed by atoms with Gasteiger partial charge in [0.15, 0.2) is 0 Å². The predicted octanol–water partition coefficient (Wildman–Crippen LogP) is 2.99. The van der Waals surface area contributed by atoms with Crippen molar-refractivity contribution in [2.75, 3.05) is 11.9 Å². The van der Waals surface area contributed by atoms with Gasteiger partial charge in [0, 0.05) is 19.2 Å². The van der Waals surface area contributed by atoms with Crippen LogP contribution in [0.15, 0.2) is 24.3 Å². The number of rotatable bonds is 1. The Labute approximate surface area is 110 Å². The summed E-state index contributed by atoms with van der Waals surface area (Å²) in [6, 6.07) is 8.83. The number of hydrogen-bond acceptors (Lipinski definition) is 2. The van der Waals surface area contributed by atoms with Crippen molar-refractivity contribution in [2.45, 2.75) is 50.7 Å². The van der Waals surface area contributed by atoms with Crippen molar-refractivity contribution < 1.29 is 5.11 Å². The molecule has 2 aliphatic rings. The van der Waals surface area contributed by atoms with Crippen LogP contribution in [0.3, 0.4) is 0 Å². The summed E-state index contributed by atoms with van der Waals surface area (Å²) in [5.74, 6) is 0.673. The lowest BCUT2D eigenvalue weighted by atomic mass is 9.78. The SMILES string of the molecule is CN1c2ccccc2CC(O)C1C1CCCCC1. The Morgan fingerprint density at radius 3 is 2.61 bits per heavy atom. The molecule has 2 unspecified atom stereocenters. The molecule has 0 saturated heterocycles. The van der Waals surface area contributed by atoms with Crippen molar-refractivity contribution in [3.05, 3.63) is 29.8 Å². The van der Waals surface area contributed by atoms with Crippen molar-refractivity contribution in [2.24, 2.45) is 5.92 Å². The number of benzene rings is 1. The van der Waals surface area contributed by atoms with Gasteiger partial charge in [-0.05, 0) is 30.4 Å². The highest BCUT2D eigenvalue weighted by atomic mass is 16.3. The maximum absolute atomic E-state index is 10.5. The number of aliphatic hydroxyl groups excluding tert-OH is 1. The lowest BCUT2D eigenvalue weighted by Gasteiger charge is -2.44. The second-order valence-electron chi connectivity index (χ2n) is 5.90. The molecule has 1 aromatic rings. The van der Waals surface area contributed by atoms with Crippen molar-refractivity contribution in [1.82, 2.24) is 0 Å². The van der Waals surface area contributed by atoms with E-state index in [1.807, 2.05) is 0 Å². The smallest absolute Gasteiger partial charge is 0.0786 e. The first-order valence-electron chi connectivity index (χ1n) is 7.26. The second-order valence-corrected chi connectivity index (χ2v) is 5.90. The number of nitrogens with zero attached hydrogens (tertiary/aromatic N) is 1. The zero-order valence-electron chi connectivity index (χ0n) is 11.2. The number of para-hydroxylation sites is 1. The fourth-order valence-corrected chi connectivity index (χ4v) is 3.90. The van der Waals surface area contributed by atoms with Crippen LogP contribution in [0.1, 0.15) is 37.7 Å². The first kappa shape index (κ1) is 12.0. The minimum absolute atomic E-state index is 0.201. The molecule has 18 heavy (non-hydrogen) atoms. The van der Waals surface area contributed by atoms with E-state index in [9.17, 15) is 5.11 Å². The molecule has 2 nitrogen and oxygen atoms in total. The van der Waals surface area contributed by atoms with Gasteiger partial charge >= 0.3 is 0 Å². The van der Waals surface area contributed by atoms with Crippen LogP contribution in [-0.4, -0.2) is 24.3 Å². The van der Waals surface area contributed by atoms with Gasteiger partial charge in [0.25, 0.3) is 0 Å². The Hall–Kier alpha value is -1.02. The summed E-state index contributed by atoms with van der Waals surface area (Å²) in [6.07, 6.45) is 7.24. The number of fused-ring (bicyclic) bond motifs is 1. The van der Waals surface area contributed by atoms with Crippen molar-refractivity contribution in [3.63, 3.8) is 0 Å². The molecule has 2 heteroatoms. The quantitative estimate of drug-likeness (QED) is 0.822. The van der Waals surface area contributed by atoms with E-state index < -0.39 is 0 Å². The average molecular weight is 245 g/mol. The first-order chi connectivity index (χ1) is 8.77. The van der Waals surface area contributed by atoms with E-state index >= 15 is 0 Å². The summed E-state index contributed by atoms with van der Waals surface area (Å²) in [4.78, 5) is 2.33. The third-order valence-electron chi connectivity index (χ3n) is 4.77. The highest BCUT2D eigenvalue weighted by Gasteiger charge is 2.36. The van der Waals surface area contributed by atoms with Gasteiger partial charge in [-0.25, -0.2) is 0 Å². The highest BCUT2D eigenvalue weighted by Crippen LogP contribution is 2.37. The molecule has 1 saturated carbocycles. The third-order valence-corrected chi connectivity index (χ3v) is 4.77. The van der Waals surface area contributed by atoms with Crippen molar-refractivity contribution in [3.8, 4) is 0 Å². The molecule has 1 aliphatic heterocycles. The van der Waals surface area contributed by atoms with Crippen LogP contribution >= 0.6 is 0 Å². The Bertz CT molecular complexity index is 411. The van der Waals surface area contributed by atoms with Gasteiger partial charge in [0.1, 0.15) is 0 Å². The maximum atomic E-state index is 10.5. The molecule has 1 heterocycles. The van der Waals surface area contributed by atoms with Crippen LogP contribution in [0, 0.1) is 5.92 Å². The number of anilines is 1.